The third kappa shape index (κ3) is 7.29. The Hall–Kier alpha value is -1.35. The number of carbonyl (C=O) groups is 1. The number of para-hydroxylation sites is 1. The van der Waals surface area contributed by atoms with Crippen LogP contribution in [0, 0.1) is 0 Å². The molecule has 0 saturated carbocycles. The number of benzene rings is 1. The second kappa shape index (κ2) is 10.4. The molecule has 3 heteroatoms. The van der Waals surface area contributed by atoms with E-state index in [4.69, 9.17) is 0 Å². The van der Waals surface area contributed by atoms with Crippen LogP contribution in [0.25, 0.3) is 0 Å². The number of rotatable bonds is 10. The first-order valence-corrected chi connectivity index (χ1v) is 7.83. The lowest BCUT2D eigenvalue weighted by Gasteiger charge is -2.20. The van der Waals surface area contributed by atoms with Crippen molar-refractivity contribution in [3.05, 3.63) is 30.3 Å². The molecule has 0 spiro atoms. The summed E-state index contributed by atoms with van der Waals surface area (Å²) in [6.07, 6.45) is 5.08. The van der Waals surface area contributed by atoms with Gasteiger partial charge < -0.3 is 10.2 Å². The molecule has 0 aromatic heterocycles. The van der Waals surface area contributed by atoms with Crippen LogP contribution in [0.1, 0.15) is 46.0 Å². The minimum atomic E-state index is 0.119. The fourth-order valence-corrected chi connectivity index (χ4v) is 2.33. The fraction of sp³-hybridized carbons (Fsp3) is 0.588. The predicted molar refractivity (Wildman–Crippen MR) is 85.9 cm³/mol. The van der Waals surface area contributed by atoms with E-state index in [2.05, 4.69) is 24.1 Å². The van der Waals surface area contributed by atoms with Gasteiger partial charge in [-0.05, 0) is 57.5 Å². The molecular weight excluding hydrogens is 248 g/mol. The second-order valence-electron chi connectivity index (χ2n) is 5.21. The van der Waals surface area contributed by atoms with Crippen molar-refractivity contribution in [3.63, 3.8) is 0 Å². The minimum Gasteiger partial charge on any atom is -0.326 e. The monoisotopic (exact) mass is 276 g/mol. The lowest BCUT2D eigenvalue weighted by Crippen LogP contribution is -2.26. The molecule has 112 valence electrons. The van der Waals surface area contributed by atoms with Crippen LogP contribution in [-0.4, -0.2) is 30.4 Å². The van der Waals surface area contributed by atoms with Crippen molar-refractivity contribution in [3.8, 4) is 0 Å². The molecule has 0 heterocycles. The van der Waals surface area contributed by atoms with Crippen molar-refractivity contribution < 1.29 is 4.79 Å². The Morgan fingerprint density at radius 3 is 2.25 bits per heavy atom. The van der Waals surface area contributed by atoms with Gasteiger partial charge in [0.1, 0.15) is 0 Å². The molecule has 0 bridgehead atoms. The van der Waals surface area contributed by atoms with E-state index in [-0.39, 0.29) is 5.91 Å². The maximum absolute atomic E-state index is 11.8. The molecule has 0 fully saturated rings. The summed E-state index contributed by atoms with van der Waals surface area (Å²) in [5.41, 5.74) is 0.885. The summed E-state index contributed by atoms with van der Waals surface area (Å²) in [7, 11) is 0. The Balaban J connectivity index is 2.15. The van der Waals surface area contributed by atoms with Gasteiger partial charge in [0.25, 0.3) is 0 Å². The molecule has 1 aromatic carbocycles. The molecule has 3 nitrogen and oxygen atoms in total. The smallest absolute Gasteiger partial charge is 0.224 e. The summed E-state index contributed by atoms with van der Waals surface area (Å²) in [5.74, 6) is 0.119. The Morgan fingerprint density at radius 2 is 1.65 bits per heavy atom. The van der Waals surface area contributed by atoms with Gasteiger partial charge >= 0.3 is 0 Å². The first kappa shape index (κ1) is 16.7. The molecule has 0 aliphatic carbocycles. The van der Waals surface area contributed by atoms with Crippen LogP contribution in [0.3, 0.4) is 0 Å². The summed E-state index contributed by atoms with van der Waals surface area (Å²) in [6, 6.07) is 9.65. The van der Waals surface area contributed by atoms with Gasteiger partial charge in [-0.3, -0.25) is 4.79 Å². The molecule has 0 aliphatic rings. The number of carbonyl (C=O) groups excluding carboxylic acids is 1. The van der Waals surface area contributed by atoms with Gasteiger partial charge in [-0.25, -0.2) is 0 Å². The number of nitrogens with one attached hydrogen (secondary N) is 1. The summed E-state index contributed by atoms with van der Waals surface area (Å²) >= 11 is 0. The topological polar surface area (TPSA) is 32.3 Å². The fourth-order valence-electron chi connectivity index (χ4n) is 2.33. The van der Waals surface area contributed by atoms with E-state index < -0.39 is 0 Å². The van der Waals surface area contributed by atoms with Crippen LogP contribution in [0.2, 0.25) is 0 Å². The van der Waals surface area contributed by atoms with Crippen molar-refractivity contribution in [1.82, 2.24) is 4.90 Å². The van der Waals surface area contributed by atoms with Crippen molar-refractivity contribution in [2.24, 2.45) is 0 Å². The maximum Gasteiger partial charge on any atom is 0.224 e. The first-order chi connectivity index (χ1) is 9.76. The molecular formula is C17H28N2O. The molecule has 1 amide bonds. The Labute approximate surface area is 123 Å². The van der Waals surface area contributed by atoms with Crippen LogP contribution in [0.4, 0.5) is 5.69 Å². The lowest BCUT2D eigenvalue weighted by atomic mass is 10.2. The largest absolute Gasteiger partial charge is 0.326 e. The van der Waals surface area contributed by atoms with Crippen molar-refractivity contribution in [1.29, 1.82) is 0 Å². The van der Waals surface area contributed by atoms with Gasteiger partial charge in [0, 0.05) is 12.1 Å². The number of amides is 1. The predicted octanol–water partition coefficient (Wildman–Crippen LogP) is 3.92. The second-order valence-corrected chi connectivity index (χ2v) is 5.21. The normalized spacial score (nSPS) is 10.8. The molecule has 1 aromatic rings. The zero-order valence-corrected chi connectivity index (χ0v) is 12.9. The average molecular weight is 276 g/mol. The van der Waals surface area contributed by atoms with E-state index in [9.17, 15) is 4.79 Å². The molecule has 0 unspecified atom stereocenters. The van der Waals surface area contributed by atoms with Gasteiger partial charge in [0.2, 0.25) is 5.91 Å². The maximum atomic E-state index is 11.8. The highest BCUT2D eigenvalue weighted by atomic mass is 16.1. The minimum absolute atomic E-state index is 0.119. The summed E-state index contributed by atoms with van der Waals surface area (Å²) in [6.45, 7) is 7.89. The highest BCUT2D eigenvalue weighted by molar-refractivity contribution is 5.90. The number of hydrogen-bond donors (Lipinski definition) is 1. The number of unbranched alkanes of at least 4 members (excludes halogenated alkanes) is 1. The standard InChI is InChI=1S/C17H28N2O/c1-3-13-19(14-4-2)15-9-8-12-17(20)18-16-10-6-5-7-11-16/h5-7,10-11H,3-4,8-9,12-15H2,1-2H3,(H,18,20). The molecule has 20 heavy (non-hydrogen) atoms. The summed E-state index contributed by atoms with van der Waals surface area (Å²) < 4.78 is 0. The molecule has 1 N–H and O–H groups in total. The Morgan fingerprint density at radius 1 is 1.00 bits per heavy atom. The van der Waals surface area contributed by atoms with Crippen molar-refractivity contribution in [2.75, 3.05) is 25.0 Å². The summed E-state index contributed by atoms with van der Waals surface area (Å²) in [4.78, 5) is 14.3. The molecule has 1 rings (SSSR count). The molecule has 0 aliphatic heterocycles. The number of nitrogens with zero attached hydrogens (tertiary/aromatic N) is 1. The third-order valence-corrected chi connectivity index (χ3v) is 3.27. The molecule has 0 saturated heterocycles. The highest BCUT2D eigenvalue weighted by Crippen LogP contribution is 2.07. The number of hydrogen-bond acceptors (Lipinski definition) is 2. The molecule has 0 atom stereocenters. The zero-order chi connectivity index (χ0) is 14.6. The van der Waals surface area contributed by atoms with Crippen LogP contribution in [-0.2, 0) is 4.79 Å². The SMILES string of the molecule is CCCN(CCC)CCCCC(=O)Nc1ccccc1. The highest BCUT2D eigenvalue weighted by Gasteiger charge is 2.04. The van der Waals surface area contributed by atoms with Crippen LogP contribution < -0.4 is 5.32 Å². The molecule has 0 radical (unpaired) electrons. The van der Waals surface area contributed by atoms with E-state index in [1.54, 1.807) is 0 Å². The van der Waals surface area contributed by atoms with Crippen LogP contribution in [0.5, 0.6) is 0 Å². The van der Waals surface area contributed by atoms with Crippen LogP contribution >= 0.6 is 0 Å². The van der Waals surface area contributed by atoms with E-state index in [0.717, 1.165) is 25.1 Å². The van der Waals surface area contributed by atoms with Crippen molar-refractivity contribution in [2.45, 2.75) is 46.0 Å². The van der Waals surface area contributed by atoms with Crippen LogP contribution in [0.15, 0.2) is 30.3 Å². The summed E-state index contributed by atoms with van der Waals surface area (Å²) in [5, 5.41) is 2.93. The van der Waals surface area contributed by atoms with E-state index in [0.29, 0.717) is 6.42 Å². The van der Waals surface area contributed by atoms with Gasteiger partial charge in [0.05, 0.1) is 0 Å². The average Bonchev–Trinajstić information content (AvgIpc) is 2.45. The van der Waals surface area contributed by atoms with Gasteiger partial charge in [-0.15, -0.1) is 0 Å². The van der Waals surface area contributed by atoms with Gasteiger partial charge in [-0.2, -0.15) is 0 Å². The van der Waals surface area contributed by atoms with Crippen molar-refractivity contribution >= 4 is 11.6 Å². The zero-order valence-electron chi connectivity index (χ0n) is 12.9. The Bertz CT molecular complexity index is 359. The van der Waals surface area contributed by atoms with E-state index in [1.165, 1.54) is 25.9 Å². The van der Waals surface area contributed by atoms with Gasteiger partial charge in [-0.1, -0.05) is 32.0 Å². The van der Waals surface area contributed by atoms with E-state index >= 15 is 0 Å². The quantitative estimate of drug-likeness (QED) is 0.657. The Kier molecular flexibility index (Phi) is 8.72. The number of anilines is 1. The van der Waals surface area contributed by atoms with Gasteiger partial charge in [0.15, 0.2) is 0 Å². The third-order valence-electron chi connectivity index (χ3n) is 3.27. The van der Waals surface area contributed by atoms with E-state index in [1.807, 2.05) is 30.3 Å². The lowest BCUT2D eigenvalue weighted by molar-refractivity contribution is -0.116. The first-order valence-electron chi connectivity index (χ1n) is 7.83.